The minimum Gasteiger partial charge on any atom is -0.327 e. The lowest BCUT2D eigenvalue weighted by atomic mass is 10.1. The van der Waals surface area contributed by atoms with Crippen molar-refractivity contribution in [3.05, 3.63) is 71.0 Å². The summed E-state index contributed by atoms with van der Waals surface area (Å²) in [6.45, 7) is 4.96. The van der Waals surface area contributed by atoms with E-state index in [0.29, 0.717) is 5.69 Å². The van der Waals surface area contributed by atoms with Crippen molar-refractivity contribution >= 4 is 11.6 Å². The average Bonchev–Trinajstić information content (AvgIpc) is 2.87. The number of aryl methyl sites for hydroxylation is 2. The van der Waals surface area contributed by atoms with Gasteiger partial charge in [-0.15, -0.1) is 0 Å². The van der Waals surface area contributed by atoms with Gasteiger partial charge in [0.05, 0.1) is 5.69 Å². The largest absolute Gasteiger partial charge is 0.327 e. The van der Waals surface area contributed by atoms with Crippen LogP contribution in [0, 0.1) is 13.8 Å². The van der Waals surface area contributed by atoms with E-state index in [2.05, 4.69) is 22.0 Å². The Balaban J connectivity index is 1.76. The van der Waals surface area contributed by atoms with Gasteiger partial charge >= 0.3 is 0 Å². The third-order valence-electron chi connectivity index (χ3n) is 5.33. The van der Waals surface area contributed by atoms with E-state index in [9.17, 15) is 4.79 Å². The first kappa shape index (κ1) is 17.5. The molecule has 2 aromatic carbocycles. The molecule has 3 aromatic rings. The lowest BCUT2D eigenvalue weighted by Gasteiger charge is -2.11. The fourth-order valence-corrected chi connectivity index (χ4v) is 3.89. The fraction of sp³-hybridized carbons (Fsp3) is 0.304. The van der Waals surface area contributed by atoms with Crippen LogP contribution in [-0.4, -0.2) is 15.5 Å². The summed E-state index contributed by atoms with van der Waals surface area (Å²) < 4.78 is 2.25. The van der Waals surface area contributed by atoms with Gasteiger partial charge in [0.25, 0.3) is 5.91 Å². The van der Waals surface area contributed by atoms with E-state index in [0.717, 1.165) is 59.7 Å². The van der Waals surface area contributed by atoms with Crippen molar-refractivity contribution in [1.29, 1.82) is 0 Å². The van der Waals surface area contributed by atoms with Gasteiger partial charge in [-0.2, -0.15) is 0 Å². The van der Waals surface area contributed by atoms with E-state index in [1.54, 1.807) is 0 Å². The fourth-order valence-electron chi connectivity index (χ4n) is 3.89. The molecule has 0 unspecified atom stereocenters. The molecule has 1 aromatic heterocycles. The first-order valence-electron chi connectivity index (χ1n) is 9.67. The lowest BCUT2D eigenvalue weighted by Crippen LogP contribution is -2.16. The highest BCUT2D eigenvalue weighted by molar-refractivity contribution is 6.05. The van der Waals surface area contributed by atoms with Crippen LogP contribution in [-0.2, 0) is 13.0 Å². The molecule has 1 N–H and O–H groups in total. The minimum atomic E-state index is -0.111. The zero-order valence-corrected chi connectivity index (χ0v) is 16.0. The third kappa shape index (κ3) is 3.39. The number of carbonyl (C=O) groups is 1. The number of hydrogen-bond donors (Lipinski definition) is 1. The minimum absolute atomic E-state index is 0.111. The maximum absolute atomic E-state index is 13.2. The van der Waals surface area contributed by atoms with Crippen molar-refractivity contribution in [2.75, 3.05) is 5.32 Å². The maximum Gasteiger partial charge on any atom is 0.276 e. The normalized spacial score (nSPS) is 13.7. The summed E-state index contributed by atoms with van der Waals surface area (Å²) in [5.41, 5.74) is 5.72. The molecule has 27 heavy (non-hydrogen) atoms. The quantitative estimate of drug-likeness (QED) is 0.703. The molecule has 0 saturated heterocycles. The van der Waals surface area contributed by atoms with Crippen molar-refractivity contribution in [3.63, 3.8) is 0 Å². The van der Waals surface area contributed by atoms with Gasteiger partial charge in [0, 0.05) is 17.8 Å². The first-order valence-corrected chi connectivity index (χ1v) is 9.67. The molecular formula is C23H25N3O. The highest BCUT2D eigenvalue weighted by Crippen LogP contribution is 2.28. The SMILES string of the molecule is Cc1cccc(C)c1NC(=O)c1nc(-c2ccccc2)n2c1CCCCC2. The smallest absolute Gasteiger partial charge is 0.276 e. The number of anilines is 1. The number of amides is 1. The molecule has 0 fully saturated rings. The topological polar surface area (TPSA) is 46.9 Å². The second kappa shape index (κ2) is 7.39. The molecule has 0 aliphatic carbocycles. The predicted octanol–water partition coefficient (Wildman–Crippen LogP) is 5.15. The number of aromatic nitrogens is 2. The molecule has 1 amide bonds. The Morgan fingerprint density at radius 1 is 0.963 bits per heavy atom. The van der Waals surface area contributed by atoms with Crippen LogP contribution in [0.25, 0.3) is 11.4 Å². The van der Waals surface area contributed by atoms with Crippen LogP contribution in [0.1, 0.15) is 46.6 Å². The summed E-state index contributed by atoms with van der Waals surface area (Å²) >= 11 is 0. The van der Waals surface area contributed by atoms with Crippen LogP contribution in [0.3, 0.4) is 0 Å². The molecule has 0 radical (unpaired) electrons. The van der Waals surface area contributed by atoms with Crippen LogP contribution in [0.4, 0.5) is 5.69 Å². The molecule has 0 saturated carbocycles. The number of nitrogens with one attached hydrogen (secondary N) is 1. The van der Waals surface area contributed by atoms with Crippen LogP contribution in [0.15, 0.2) is 48.5 Å². The Morgan fingerprint density at radius 2 is 1.70 bits per heavy atom. The third-order valence-corrected chi connectivity index (χ3v) is 5.33. The van der Waals surface area contributed by atoms with Gasteiger partial charge in [-0.05, 0) is 44.2 Å². The standard InChI is InChI=1S/C23H25N3O/c1-16-10-9-11-17(2)20(16)25-23(27)21-19-14-7-4-8-15-26(19)22(24-21)18-12-5-3-6-13-18/h3,5-6,9-13H,4,7-8,14-15H2,1-2H3,(H,25,27). The van der Waals surface area contributed by atoms with Gasteiger partial charge < -0.3 is 9.88 Å². The highest BCUT2D eigenvalue weighted by Gasteiger charge is 2.24. The van der Waals surface area contributed by atoms with Crippen LogP contribution >= 0.6 is 0 Å². The molecule has 1 aliphatic rings. The second-order valence-corrected chi connectivity index (χ2v) is 7.28. The first-order chi connectivity index (χ1) is 13.1. The number of imidazole rings is 1. The Hall–Kier alpha value is -2.88. The molecule has 0 atom stereocenters. The Bertz CT molecular complexity index is 953. The summed E-state index contributed by atoms with van der Waals surface area (Å²) in [5.74, 6) is 0.791. The molecule has 4 rings (SSSR count). The number of hydrogen-bond acceptors (Lipinski definition) is 2. The molecule has 2 heterocycles. The zero-order chi connectivity index (χ0) is 18.8. The van der Waals surface area contributed by atoms with E-state index >= 15 is 0 Å². The van der Waals surface area contributed by atoms with Gasteiger partial charge in [-0.25, -0.2) is 4.98 Å². The van der Waals surface area contributed by atoms with Gasteiger partial charge in [0.1, 0.15) is 11.5 Å². The number of benzene rings is 2. The monoisotopic (exact) mass is 359 g/mol. The van der Waals surface area contributed by atoms with Crippen LogP contribution < -0.4 is 5.32 Å². The van der Waals surface area contributed by atoms with Crippen molar-refractivity contribution in [3.8, 4) is 11.4 Å². The van der Waals surface area contributed by atoms with Gasteiger partial charge in [-0.1, -0.05) is 55.0 Å². The molecule has 138 valence electrons. The van der Waals surface area contributed by atoms with E-state index in [1.807, 2.05) is 50.2 Å². The zero-order valence-electron chi connectivity index (χ0n) is 16.0. The summed E-state index contributed by atoms with van der Waals surface area (Å²) in [6.07, 6.45) is 4.31. The number of rotatable bonds is 3. The van der Waals surface area contributed by atoms with Crippen molar-refractivity contribution < 1.29 is 4.79 Å². The van der Waals surface area contributed by atoms with Crippen LogP contribution in [0.2, 0.25) is 0 Å². The molecular weight excluding hydrogens is 334 g/mol. The molecule has 4 heteroatoms. The molecule has 1 aliphatic heterocycles. The van der Waals surface area contributed by atoms with Crippen molar-refractivity contribution in [2.45, 2.75) is 46.1 Å². The Kier molecular flexibility index (Phi) is 4.80. The van der Waals surface area contributed by atoms with E-state index in [-0.39, 0.29) is 5.91 Å². The van der Waals surface area contributed by atoms with E-state index in [4.69, 9.17) is 4.98 Å². The Morgan fingerprint density at radius 3 is 2.44 bits per heavy atom. The number of nitrogens with zero attached hydrogens (tertiary/aromatic N) is 2. The Labute approximate surface area is 160 Å². The highest BCUT2D eigenvalue weighted by atomic mass is 16.1. The molecule has 0 bridgehead atoms. The summed E-state index contributed by atoms with van der Waals surface area (Å²) in [6, 6.07) is 16.2. The second-order valence-electron chi connectivity index (χ2n) is 7.28. The summed E-state index contributed by atoms with van der Waals surface area (Å²) in [5, 5.41) is 3.12. The number of carbonyl (C=O) groups excluding carboxylic acids is 1. The summed E-state index contributed by atoms with van der Waals surface area (Å²) in [7, 11) is 0. The van der Waals surface area contributed by atoms with Crippen molar-refractivity contribution in [1.82, 2.24) is 9.55 Å². The predicted molar refractivity (Wildman–Crippen MR) is 109 cm³/mol. The lowest BCUT2D eigenvalue weighted by molar-refractivity contribution is 0.102. The maximum atomic E-state index is 13.2. The van der Waals surface area contributed by atoms with Gasteiger partial charge in [0.2, 0.25) is 0 Å². The van der Waals surface area contributed by atoms with Gasteiger partial charge in [0.15, 0.2) is 0 Å². The van der Waals surface area contributed by atoms with Crippen molar-refractivity contribution in [2.24, 2.45) is 0 Å². The van der Waals surface area contributed by atoms with E-state index in [1.165, 1.54) is 6.42 Å². The van der Waals surface area contributed by atoms with Gasteiger partial charge in [-0.3, -0.25) is 4.79 Å². The number of para-hydroxylation sites is 1. The average molecular weight is 359 g/mol. The van der Waals surface area contributed by atoms with Crippen LogP contribution in [0.5, 0.6) is 0 Å². The summed E-state index contributed by atoms with van der Waals surface area (Å²) in [4.78, 5) is 18.0. The molecule has 4 nitrogen and oxygen atoms in total. The molecule has 0 spiro atoms. The number of fused-ring (bicyclic) bond motifs is 1. The van der Waals surface area contributed by atoms with E-state index < -0.39 is 0 Å².